The van der Waals surface area contributed by atoms with Gasteiger partial charge in [0, 0.05) is 35.6 Å². The number of benzene rings is 1. The molecule has 0 bridgehead atoms. The molecule has 38 heavy (non-hydrogen) atoms. The van der Waals surface area contributed by atoms with E-state index in [2.05, 4.69) is 0 Å². The number of Topliss-reactive ketones (excluding diaryl/α,β-unsaturated/α-hetero) is 1. The second-order valence-corrected chi connectivity index (χ2v) is 10.2. The zero-order valence-electron chi connectivity index (χ0n) is 21.0. The average Bonchev–Trinajstić information content (AvgIpc) is 3.14. The van der Waals surface area contributed by atoms with Crippen LogP contribution in [-0.2, 0) is 24.0 Å². The Balaban J connectivity index is 1.53. The molecule has 2 amide bonds. The van der Waals surface area contributed by atoms with Crippen LogP contribution in [0.15, 0.2) is 58.7 Å². The normalized spacial score (nSPS) is 26.5. The monoisotopic (exact) mass is 519 g/mol. The van der Waals surface area contributed by atoms with E-state index in [0.717, 1.165) is 11.1 Å². The lowest BCUT2D eigenvalue weighted by Crippen LogP contribution is -2.39. The lowest BCUT2D eigenvalue weighted by atomic mass is 9.59. The summed E-state index contributed by atoms with van der Waals surface area (Å²) in [5.74, 6) is -3.71. The molecule has 1 saturated heterocycles. The predicted octanol–water partition coefficient (Wildman–Crippen LogP) is 2.35. The van der Waals surface area contributed by atoms with Gasteiger partial charge in [-0.1, -0.05) is 23.8 Å². The third kappa shape index (κ3) is 4.30. The van der Waals surface area contributed by atoms with Crippen molar-refractivity contribution in [2.24, 2.45) is 17.8 Å². The van der Waals surface area contributed by atoms with E-state index in [4.69, 9.17) is 14.9 Å². The Bertz CT molecular complexity index is 1320. The van der Waals surface area contributed by atoms with E-state index >= 15 is 0 Å². The first-order valence-electron chi connectivity index (χ1n) is 12.8. The van der Waals surface area contributed by atoms with E-state index in [0.29, 0.717) is 28.9 Å². The van der Waals surface area contributed by atoms with Crippen LogP contribution in [0.1, 0.15) is 44.1 Å². The van der Waals surface area contributed by atoms with Crippen molar-refractivity contribution in [2.75, 3.05) is 19.8 Å². The predicted molar refractivity (Wildman–Crippen MR) is 134 cm³/mol. The van der Waals surface area contributed by atoms with Gasteiger partial charge in [0.05, 0.1) is 18.4 Å². The topological polar surface area (TPSA) is 138 Å². The summed E-state index contributed by atoms with van der Waals surface area (Å²) in [5, 5.41) is 18.0. The SMILES string of the molecule is CC1=CC(=O)C2=C(C[C@@H]3C(=CC[C@@H]4C(=O)N(CCCC(=O)O)C(=O)[C@@H]43)[C@@H]2c2ccc(OCCO)cc2)C1=O. The molecule has 2 N–H and O–H groups in total. The van der Waals surface area contributed by atoms with Crippen LogP contribution in [-0.4, -0.2) is 64.2 Å². The number of rotatable bonds is 8. The van der Waals surface area contributed by atoms with Crippen LogP contribution in [0.3, 0.4) is 0 Å². The van der Waals surface area contributed by atoms with Crippen molar-refractivity contribution in [3.8, 4) is 5.75 Å². The van der Waals surface area contributed by atoms with Crippen molar-refractivity contribution in [2.45, 2.75) is 38.5 Å². The Labute approximate surface area is 219 Å². The molecule has 1 heterocycles. The molecule has 5 rings (SSSR count). The van der Waals surface area contributed by atoms with Crippen LogP contribution in [0.2, 0.25) is 0 Å². The number of carbonyl (C=O) groups is 5. The van der Waals surface area contributed by atoms with Crippen molar-refractivity contribution < 1.29 is 38.9 Å². The number of allylic oxidation sites excluding steroid dienone is 6. The minimum Gasteiger partial charge on any atom is -0.491 e. The van der Waals surface area contributed by atoms with Crippen LogP contribution in [0, 0.1) is 17.8 Å². The first-order chi connectivity index (χ1) is 18.2. The highest BCUT2D eigenvalue weighted by Crippen LogP contribution is 2.55. The Morgan fingerprint density at radius 2 is 1.82 bits per heavy atom. The molecule has 1 aromatic carbocycles. The maximum absolute atomic E-state index is 13.6. The van der Waals surface area contributed by atoms with Crippen molar-refractivity contribution in [1.82, 2.24) is 4.90 Å². The molecule has 3 aliphatic carbocycles. The minimum atomic E-state index is -0.989. The Morgan fingerprint density at radius 3 is 2.50 bits per heavy atom. The molecule has 0 spiro atoms. The quantitative estimate of drug-likeness (QED) is 0.303. The standard InChI is InChI=1S/C29H29NO8/c1-15-13-22(32)26-21(27(15)35)14-20-18(24(26)16-4-6-17(7-5-16)38-12-11-31)8-9-19-25(20)29(37)30(28(19)36)10-2-3-23(33)34/h4-8,13,19-20,24-25,31H,2-3,9-12,14H2,1H3,(H,33,34)/t19-,20+,24-,25-/m0/s1. The maximum Gasteiger partial charge on any atom is 0.303 e. The number of amides is 2. The van der Waals surface area contributed by atoms with E-state index in [-0.39, 0.29) is 62.4 Å². The van der Waals surface area contributed by atoms with E-state index < -0.39 is 29.6 Å². The highest BCUT2D eigenvalue weighted by atomic mass is 16.5. The third-order valence-electron chi connectivity index (χ3n) is 8.00. The maximum atomic E-state index is 13.6. The Kier molecular flexibility index (Phi) is 6.88. The molecule has 9 heteroatoms. The van der Waals surface area contributed by atoms with E-state index in [1.54, 1.807) is 19.1 Å². The fourth-order valence-electron chi connectivity index (χ4n) is 6.36. The Morgan fingerprint density at radius 1 is 1.08 bits per heavy atom. The summed E-state index contributed by atoms with van der Waals surface area (Å²) in [6.45, 7) is 1.67. The lowest BCUT2D eigenvalue weighted by molar-refractivity contribution is -0.142. The number of carboxylic acid groups (broad SMARTS) is 1. The number of nitrogens with zero attached hydrogens (tertiary/aromatic N) is 1. The van der Waals surface area contributed by atoms with Crippen molar-refractivity contribution >= 4 is 29.4 Å². The van der Waals surface area contributed by atoms with Gasteiger partial charge in [0.15, 0.2) is 11.6 Å². The summed E-state index contributed by atoms with van der Waals surface area (Å²) in [6, 6.07) is 7.12. The van der Waals surface area contributed by atoms with E-state index in [1.165, 1.54) is 11.0 Å². The van der Waals surface area contributed by atoms with Gasteiger partial charge >= 0.3 is 5.97 Å². The average molecular weight is 520 g/mol. The first kappa shape index (κ1) is 25.8. The molecular weight excluding hydrogens is 490 g/mol. The molecule has 198 valence electrons. The molecular formula is C29H29NO8. The van der Waals surface area contributed by atoms with Gasteiger partial charge in [0.2, 0.25) is 11.8 Å². The number of ether oxygens (including phenoxy) is 1. The molecule has 0 unspecified atom stereocenters. The summed E-state index contributed by atoms with van der Waals surface area (Å²) in [4.78, 5) is 65.4. The first-order valence-corrected chi connectivity index (χ1v) is 12.8. The number of imide groups is 1. The number of hydrogen-bond donors (Lipinski definition) is 2. The third-order valence-corrected chi connectivity index (χ3v) is 8.00. The van der Waals surface area contributed by atoms with Gasteiger partial charge in [-0.25, -0.2) is 0 Å². The molecule has 4 aliphatic rings. The van der Waals surface area contributed by atoms with Crippen LogP contribution in [0.25, 0.3) is 0 Å². The van der Waals surface area contributed by atoms with Crippen LogP contribution >= 0.6 is 0 Å². The summed E-state index contributed by atoms with van der Waals surface area (Å²) in [7, 11) is 0. The van der Waals surface area contributed by atoms with Crippen molar-refractivity contribution in [3.05, 3.63) is 64.3 Å². The summed E-state index contributed by atoms with van der Waals surface area (Å²) in [6.07, 6.45) is 3.90. The highest BCUT2D eigenvalue weighted by molar-refractivity contribution is 6.23. The number of fused-ring (bicyclic) bond motifs is 3. The zero-order valence-corrected chi connectivity index (χ0v) is 21.0. The largest absolute Gasteiger partial charge is 0.491 e. The fraction of sp³-hybridized carbons (Fsp3) is 0.414. The van der Waals surface area contributed by atoms with Gasteiger partial charge in [0.25, 0.3) is 0 Å². The molecule has 9 nitrogen and oxygen atoms in total. The molecule has 0 radical (unpaired) electrons. The number of aliphatic hydroxyl groups is 1. The number of hydrogen-bond acceptors (Lipinski definition) is 7. The number of carboxylic acids is 1. The van der Waals surface area contributed by atoms with Crippen molar-refractivity contribution in [1.29, 1.82) is 0 Å². The highest BCUT2D eigenvalue weighted by Gasteiger charge is 2.56. The molecule has 0 saturated carbocycles. The second-order valence-electron chi connectivity index (χ2n) is 10.2. The number of likely N-dealkylation sites (tertiary alicyclic amines) is 1. The number of ketones is 2. The molecule has 4 atom stereocenters. The lowest BCUT2D eigenvalue weighted by Gasteiger charge is -2.42. The summed E-state index contributed by atoms with van der Waals surface area (Å²) < 4.78 is 5.47. The number of carbonyl (C=O) groups excluding carboxylic acids is 4. The van der Waals surface area contributed by atoms with Gasteiger partial charge in [-0.15, -0.1) is 0 Å². The van der Waals surface area contributed by atoms with Crippen molar-refractivity contribution in [3.63, 3.8) is 0 Å². The van der Waals surface area contributed by atoms with Gasteiger partial charge in [-0.3, -0.25) is 28.9 Å². The number of aliphatic hydroxyl groups excluding tert-OH is 1. The summed E-state index contributed by atoms with van der Waals surface area (Å²) >= 11 is 0. The smallest absolute Gasteiger partial charge is 0.303 e. The van der Waals surface area contributed by atoms with Gasteiger partial charge in [-0.05, 0) is 55.9 Å². The molecule has 0 aromatic heterocycles. The zero-order chi connectivity index (χ0) is 27.1. The van der Waals surface area contributed by atoms with Gasteiger partial charge in [-0.2, -0.15) is 0 Å². The van der Waals surface area contributed by atoms with Gasteiger partial charge < -0.3 is 14.9 Å². The Hall–Kier alpha value is -3.85. The summed E-state index contributed by atoms with van der Waals surface area (Å²) in [5.41, 5.74) is 2.79. The van der Waals surface area contributed by atoms with E-state index in [9.17, 15) is 24.0 Å². The van der Waals surface area contributed by atoms with Crippen LogP contribution in [0.5, 0.6) is 5.75 Å². The minimum absolute atomic E-state index is 0.0466. The molecule has 1 fully saturated rings. The molecule has 1 aromatic rings. The fourth-order valence-corrected chi connectivity index (χ4v) is 6.36. The van der Waals surface area contributed by atoms with E-state index in [1.807, 2.05) is 18.2 Å². The van der Waals surface area contributed by atoms with Crippen LogP contribution < -0.4 is 4.74 Å². The van der Waals surface area contributed by atoms with Crippen LogP contribution in [0.4, 0.5) is 0 Å². The molecule has 1 aliphatic heterocycles. The van der Waals surface area contributed by atoms with Gasteiger partial charge in [0.1, 0.15) is 12.4 Å². The second kappa shape index (κ2) is 10.1. The number of aliphatic carboxylic acids is 1.